The number of allylic oxidation sites excluding steroid dienone is 2. The van der Waals surface area contributed by atoms with E-state index in [2.05, 4.69) is 76.2 Å². The van der Waals surface area contributed by atoms with E-state index >= 15 is 0 Å². The van der Waals surface area contributed by atoms with Gasteiger partial charge in [0.1, 0.15) is 5.60 Å². The van der Waals surface area contributed by atoms with Crippen molar-refractivity contribution in [2.24, 2.45) is 5.41 Å². The lowest BCUT2D eigenvalue weighted by Gasteiger charge is -2.39. The van der Waals surface area contributed by atoms with Crippen LogP contribution in [0.1, 0.15) is 44.7 Å². The molecule has 1 atom stereocenters. The number of Topliss-reactive ketones (excluding diaryl/α,β-unsaturated/α-hetero) is 1. The Kier molecular flexibility index (Phi) is 5.12. The zero-order valence-corrected chi connectivity index (χ0v) is 20.8. The molecular weight excluding hydrogens is 432 g/mol. The fourth-order valence-corrected chi connectivity index (χ4v) is 7.28. The Morgan fingerprint density at radius 3 is 1.69 bits per heavy atom. The molecule has 0 heterocycles. The zero-order valence-electron chi connectivity index (χ0n) is 19.2. The van der Waals surface area contributed by atoms with Crippen molar-refractivity contribution in [1.82, 2.24) is 0 Å². The molecule has 1 spiro atoms. The molecule has 0 radical (unpaired) electrons. The minimum absolute atomic E-state index is 0.121. The highest BCUT2D eigenvalue weighted by molar-refractivity contribution is 8.04. The van der Waals surface area contributed by atoms with Crippen LogP contribution in [-0.2, 0) is 4.79 Å². The molecule has 5 rings (SSSR count). The molecule has 1 saturated carbocycles. The Bertz CT molecular complexity index is 1220. The van der Waals surface area contributed by atoms with Crippen LogP contribution >= 0.6 is 23.5 Å². The van der Waals surface area contributed by atoms with E-state index in [1.165, 1.54) is 21.6 Å². The largest absolute Gasteiger partial charge is 0.381 e. The number of hydrogen-bond donors (Lipinski definition) is 1. The first-order valence-corrected chi connectivity index (χ1v) is 12.7. The fraction of sp³-hybridized carbons (Fsp3) is 0.321. The van der Waals surface area contributed by atoms with E-state index in [1.54, 1.807) is 30.4 Å². The second-order valence-corrected chi connectivity index (χ2v) is 11.6. The van der Waals surface area contributed by atoms with E-state index in [4.69, 9.17) is 0 Å². The van der Waals surface area contributed by atoms with Gasteiger partial charge in [0.25, 0.3) is 0 Å². The highest BCUT2D eigenvalue weighted by Gasteiger charge is 2.65. The molecule has 0 bridgehead atoms. The van der Waals surface area contributed by atoms with Gasteiger partial charge in [-0.1, -0.05) is 64.5 Å². The van der Waals surface area contributed by atoms with Crippen LogP contribution in [-0.4, -0.2) is 16.5 Å². The van der Waals surface area contributed by atoms with Gasteiger partial charge in [0, 0.05) is 36.2 Å². The first-order chi connectivity index (χ1) is 15.2. The van der Waals surface area contributed by atoms with Gasteiger partial charge in [0.15, 0.2) is 5.78 Å². The molecule has 0 unspecified atom stereocenters. The number of carbonyl (C=O) groups excluding carboxylic acids is 1. The third-order valence-electron chi connectivity index (χ3n) is 7.31. The number of ketones is 1. The van der Waals surface area contributed by atoms with Gasteiger partial charge in [-0.15, -0.1) is 0 Å². The Labute approximate surface area is 198 Å². The summed E-state index contributed by atoms with van der Waals surface area (Å²) >= 11 is 3.38. The van der Waals surface area contributed by atoms with Crippen LogP contribution in [0.4, 0.5) is 0 Å². The van der Waals surface area contributed by atoms with Crippen molar-refractivity contribution in [2.75, 3.05) is 0 Å². The summed E-state index contributed by atoms with van der Waals surface area (Å²) in [5.74, 6) is -0.121. The maximum absolute atomic E-state index is 13.8. The molecule has 1 fully saturated rings. The molecule has 0 saturated heterocycles. The second-order valence-electron chi connectivity index (χ2n) is 9.47. The SMILES string of the molecule is CC1=C(Sc2ccc(C)cc2)C2=C(C)C3(CC3)[C@@](C)(O)C(=O)C2=C1Sc1ccc(C)cc1. The smallest absolute Gasteiger partial charge is 0.196 e. The Morgan fingerprint density at radius 2 is 1.22 bits per heavy atom. The third-order valence-corrected chi connectivity index (χ3v) is 9.76. The van der Waals surface area contributed by atoms with Gasteiger partial charge in [-0.3, -0.25) is 4.79 Å². The predicted molar refractivity (Wildman–Crippen MR) is 134 cm³/mol. The summed E-state index contributed by atoms with van der Waals surface area (Å²) in [5.41, 5.74) is 4.77. The molecule has 0 aromatic heterocycles. The minimum atomic E-state index is -1.35. The average Bonchev–Trinajstić information content (AvgIpc) is 3.54. The van der Waals surface area contributed by atoms with E-state index < -0.39 is 11.0 Å². The normalized spacial score (nSPS) is 24.0. The van der Waals surface area contributed by atoms with Crippen LogP contribution in [0.5, 0.6) is 0 Å². The van der Waals surface area contributed by atoms with Crippen molar-refractivity contribution < 1.29 is 9.90 Å². The number of benzene rings is 2. The Morgan fingerprint density at radius 1 is 0.750 bits per heavy atom. The maximum Gasteiger partial charge on any atom is 0.196 e. The number of hydrogen-bond acceptors (Lipinski definition) is 4. The van der Waals surface area contributed by atoms with E-state index in [9.17, 15) is 9.90 Å². The van der Waals surface area contributed by atoms with Gasteiger partial charge in [-0.05, 0) is 77.3 Å². The van der Waals surface area contributed by atoms with E-state index in [0.717, 1.165) is 38.7 Å². The van der Waals surface area contributed by atoms with E-state index in [-0.39, 0.29) is 5.78 Å². The lowest BCUT2D eigenvalue weighted by Crippen LogP contribution is -2.49. The number of carbonyl (C=O) groups is 1. The third kappa shape index (κ3) is 3.19. The molecule has 2 aromatic carbocycles. The molecule has 0 aliphatic heterocycles. The second kappa shape index (κ2) is 7.51. The Balaban J connectivity index is 1.67. The molecule has 32 heavy (non-hydrogen) atoms. The minimum Gasteiger partial charge on any atom is -0.381 e. The molecule has 1 N–H and O–H groups in total. The molecule has 3 aliphatic rings. The summed E-state index contributed by atoms with van der Waals surface area (Å²) in [5, 5.41) is 11.4. The molecule has 2 aromatic rings. The number of rotatable bonds is 4. The number of aryl methyl sites for hydroxylation is 2. The number of fused-ring (bicyclic) bond motifs is 1. The highest BCUT2D eigenvalue weighted by Crippen LogP contribution is 2.67. The van der Waals surface area contributed by atoms with Crippen LogP contribution < -0.4 is 0 Å². The molecular formula is C28H28O2S2. The van der Waals surface area contributed by atoms with Crippen LogP contribution in [0.2, 0.25) is 0 Å². The van der Waals surface area contributed by atoms with Crippen molar-refractivity contribution in [3.63, 3.8) is 0 Å². The summed E-state index contributed by atoms with van der Waals surface area (Å²) in [4.78, 5) is 18.2. The van der Waals surface area contributed by atoms with Crippen molar-refractivity contribution in [2.45, 2.75) is 62.9 Å². The Hall–Kier alpha value is -2.01. The average molecular weight is 461 g/mol. The van der Waals surface area contributed by atoms with Crippen molar-refractivity contribution in [3.8, 4) is 0 Å². The molecule has 0 amide bonds. The van der Waals surface area contributed by atoms with Gasteiger partial charge in [-0.2, -0.15) is 0 Å². The summed E-state index contributed by atoms with van der Waals surface area (Å²) in [6.07, 6.45) is 1.74. The van der Waals surface area contributed by atoms with Gasteiger partial charge < -0.3 is 5.11 Å². The molecule has 4 heteroatoms. The quantitative estimate of drug-likeness (QED) is 0.525. The standard InChI is InChI=1S/C28H28O2S2/c1-16-6-10-20(11-7-16)31-24-18(3)25(32-21-12-8-17(2)9-13-21)23-22(24)19(4)28(14-15-28)27(5,30)26(23)29/h6-13,30H,14-15H2,1-5H3/t27-/m0/s1. The van der Waals surface area contributed by atoms with Crippen LogP contribution in [0, 0.1) is 19.3 Å². The summed E-state index contributed by atoms with van der Waals surface area (Å²) in [6.45, 7) is 10.2. The fourth-order valence-electron chi connectivity index (χ4n) is 5.04. The first kappa shape index (κ1) is 21.8. The van der Waals surface area contributed by atoms with Gasteiger partial charge in [0.2, 0.25) is 0 Å². The lowest BCUT2D eigenvalue weighted by molar-refractivity contribution is -0.137. The first-order valence-electron chi connectivity index (χ1n) is 11.1. The van der Waals surface area contributed by atoms with E-state index in [0.29, 0.717) is 5.57 Å². The summed E-state index contributed by atoms with van der Waals surface area (Å²) in [6, 6.07) is 17.0. The number of aliphatic hydroxyl groups is 1. The van der Waals surface area contributed by atoms with Crippen molar-refractivity contribution in [1.29, 1.82) is 0 Å². The zero-order chi connectivity index (χ0) is 22.8. The summed E-state index contributed by atoms with van der Waals surface area (Å²) < 4.78 is 0. The highest BCUT2D eigenvalue weighted by atomic mass is 32.2. The van der Waals surface area contributed by atoms with E-state index in [1.807, 2.05) is 0 Å². The van der Waals surface area contributed by atoms with Crippen molar-refractivity contribution in [3.05, 3.63) is 91.8 Å². The van der Waals surface area contributed by atoms with Gasteiger partial charge in [0.05, 0.1) is 0 Å². The lowest BCUT2D eigenvalue weighted by atomic mass is 9.68. The van der Waals surface area contributed by atoms with Crippen LogP contribution in [0.3, 0.4) is 0 Å². The van der Waals surface area contributed by atoms with Crippen LogP contribution in [0.25, 0.3) is 0 Å². The monoisotopic (exact) mass is 460 g/mol. The van der Waals surface area contributed by atoms with Crippen LogP contribution in [0.15, 0.2) is 90.4 Å². The molecule has 164 valence electrons. The van der Waals surface area contributed by atoms with Gasteiger partial charge in [-0.25, -0.2) is 0 Å². The number of thioether (sulfide) groups is 2. The predicted octanol–water partition coefficient (Wildman–Crippen LogP) is 7.16. The molecule has 3 aliphatic carbocycles. The topological polar surface area (TPSA) is 37.3 Å². The molecule has 2 nitrogen and oxygen atoms in total. The summed E-state index contributed by atoms with van der Waals surface area (Å²) in [7, 11) is 0. The van der Waals surface area contributed by atoms with Crippen molar-refractivity contribution >= 4 is 29.3 Å². The maximum atomic E-state index is 13.8. The van der Waals surface area contributed by atoms with Gasteiger partial charge >= 0.3 is 0 Å².